The zero-order valence-corrected chi connectivity index (χ0v) is 17.4. The van der Waals surface area contributed by atoms with Crippen molar-refractivity contribution >= 4 is 11.9 Å². The Labute approximate surface area is 181 Å². The summed E-state index contributed by atoms with van der Waals surface area (Å²) >= 11 is 0. The number of carbonyl (C=O) groups is 1. The fourth-order valence-corrected chi connectivity index (χ4v) is 2.95. The van der Waals surface area contributed by atoms with E-state index in [4.69, 9.17) is 9.47 Å². The number of rotatable bonds is 8. The normalized spacial score (nSPS) is 11.0. The molecule has 0 spiro atoms. The molecule has 0 aliphatic heterocycles. The van der Waals surface area contributed by atoms with Crippen LogP contribution in [0.4, 0.5) is 4.39 Å². The van der Waals surface area contributed by atoms with Crippen molar-refractivity contribution in [2.75, 3.05) is 6.61 Å². The van der Waals surface area contributed by atoms with Crippen LogP contribution < -0.4 is 9.47 Å². The number of halogens is 1. The van der Waals surface area contributed by atoms with Gasteiger partial charge in [-0.05, 0) is 43.7 Å². The van der Waals surface area contributed by atoms with Crippen molar-refractivity contribution in [1.82, 2.24) is 0 Å². The maximum Gasteiger partial charge on any atom is 0.203 e. The summed E-state index contributed by atoms with van der Waals surface area (Å²) in [4.78, 5) is 12.7. The van der Waals surface area contributed by atoms with Gasteiger partial charge < -0.3 is 9.47 Å². The Kier molecular flexibility index (Phi) is 7.18. The summed E-state index contributed by atoms with van der Waals surface area (Å²) in [7, 11) is 0. The molecule has 0 heterocycles. The first-order chi connectivity index (χ1) is 15.0. The quantitative estimate of drug-likeness (QED) is 0.261. The number of ether oxygens (including phenoxy) is 2. The predicted octanol–water partition coefficient (Wildman–Crippen LogP) is 5.90. The summed E-state index contributed by atoms with van der Waals surface area (Å²) in [5.41, 5.74) is 2.56. The highest BCUT2D eigenvalue weighted by molar-refractivity contribution is 6.14. The number of nitrogens with zero attached hydrogens (tertiary/aromatic N) is 1. The van der Waals surface area contributed by atoms with E-state index in [0.29, 0.717) is 34.8 Å². The Morgan fingerprint density at radius 3 is 2.45 bits per heavy atom. The van der Waals surface area contributed by atoms with Gasteiger partial charge in [-0.25, -0.2) is 4.39 Å². The number of Topliss-reactive ketones (excluding diaryl/α,β-unsaturated/α-hetero) is 1. The number of nitriles is 1. The van der Waals surface area contributed by atoms with Gasteiger partial charge in [0.05, 0.1) is 6.61 Å². The van der Waals surface area contributed by atoms with Crippen molar-refractivity contribution in [3.05, 3.63) is 100 Å². The van der Waals surface area contributed by atoms with Gasteiger partial charge in [0.25, 0.3) is 0 Å². The summed E-state index contributed by atoms with van der Waals surface area (Å²) in [6.07, 6.45) is 1.52. The number of hydrogen-bond donors (Lipinski definition) is 0. The first-order valence-corrected chi connectivity index (χ1v) is 9.88. The predicted molar refractivity (Wildman–Crippen MR) is 117 cm³/mol. The molecule has 0 aliphatic rings. The monoisotopic (exact) mass is 415 g/mol. The number of aryl methyl sites for hydroxylation is 1. The SMILES string of the molecule is CCOc1cc(/C=C(\C#N)C(=O)c2ccc(C)cc2)ccc1OCc1ccccc1F. The van der Waals surface area contributed by atoms with E-state index in [0.717, 1.165) is 5.56 Å². The van der Waals surface area contributed by atoms with Gasteiger partial charge in [-0.1, -0.05) is 54.1 Å². The van der Waals surface area contributed by atoms with Crippen molar-refractivity contribution in [2.24, 2.45) is 0 Å². The second kappa shape index (κ2) is 10.2. The first-order valence-electron chi connectivity index (χ1n) is 9.88. The lowest BCUT2D eigenvalue weighted by Crippen LogP contribution is -2.03. The number of hydrogen-bond acceptors (Lipinski definition) is 4. The van der Waals surface area contributed by atoms with Gasteiger partial charge in [-0.15, -0.1) is 0 Å². The maximum absolute atomic E-state index is 13.8. The van der Waals surface area contributed by atoms with E-state index in [1.807, 2.05) is 32.0 Å². The van der Waals surface area contributed by atoms with E-state index in [1.165, 1.54) is 12.1 Å². The molecule has 5 heteroatoms. The molecule has 4 nitrogen and oxygen atoms in total. The third-order valence-corrected chi connectivity index (χ3v) is 4.60. The molecule has 0 saturated carbocycles. The molecule has 0 aromatic heterocycles. The lowest BCUT2D eigenvalue weighted by atomic mass is 10.0. The molecule has 0 fully saturated rings. The summed E-state index contributed by atoms with van der Waals surface area (Å²) in [5.74, 6) is 0.215. The molecule has 0 amide bonds. The van der Waals surface area contributed by atoms with Gasteiger partial charge in [0, 0.05) is 11.1 Å². The van der Waals surface area contributed by atoms with Crippen LogP contribution in [-0.2, 0) is 6.61 Å². The largest absolute Gasteiger partial charge is 0.490 e. The van der Waals surface area contributed by atoms with E-state index in [9.17, 15) is 14.4 Å². The summed E-state index contributed by atoms with van der Waals surface area (Å²) in [6, 6.07) is 20.5. The summed E-state index contributed by atoms with van der Waals surface area (Å²) < 4.78 is 25.3. The van der Waals surface area contributed by atoms with Crippen molar-refractivity contribution in [3.8, 4) is 17.6 Å². The van der Waals surface area contributed by atoms with Crippen LogP contribution in [0.2, 0.25) is 0 Å². The number of allylic oxidation sites excluding steroid dienone is 1. The van der Waals surface area contributed by atoms with E-state index >= 15 is 0 Å². The minimum Gasteiger partial charge on any atom is -0.490 e. The molecular weight excluding hydrogens is 393 g/mol. The highest BCUT2D eigenvalue weighted by atomic mass is 19.1. The highest BCUT2D eigenvalue weighted by Gasteiger charge is 2.13. The van der Waals surface area contributed by atoms with Crippen molar-refractivity contribution < 1.29 is 18.7 Å². The second-order valence-corrected chi connectivity index (χ2v) is 6.88. The van der Waals surface area contributed by atoms with Gasteiger partial charge >= 0.3 is 0 Å². The van der Waals surface area contributed by atoms with Crippen molar-refractivity contribution in [2.45, 2.75) is 20.5 Å². The molecule has 0 bridgehead atoms. The number of carbonyl (C=O) groups excluding carboxylic acids is 1. The van der Waals surface area contributed by atoms with E-state index < -0.39 is 0 Å². The van der Waals surface area contributed by atoms with Gasteiger partial charge in [-0.2, -0.15) is 5.26 Å². The summed E-state index contributed by atoms with van der Waals surface area (Å²) in [5, 5.41) is 9.51. The lowest BCUT2D eigenvalue weighted by Gasteiger charge is -2.13. The Hall–Kier alpha value is -3.91. The molecule has 0 N–H and O–H groups in total. The first kappa shape index (κ1) is 21.8. The van der Waals surface area contributed by atoms with E-state index in [2.05, 4.69) is 0 Å². The van der Waals surface area contributed by atoms with Crippen LogP contribution in [0, 0.1) is 24.1 Å². The fourth-order valence-electron chi connectivity index (χ4n) is 2.95. The highest BCUT2D eigenvalue weighted by Crippen LogP contribution is 2.30. The zero-order chi connectivity index (χ0) is 22.2. The van der Waals surface area contributed by atoms with Crippen LogP contribution in [0.25, 0.3) is 6.08 Å². The van der Waals surface area contributed by atoms with E-state index in [1.54, 1.807) is 48.5 Å². The van der Waals surface area contributed by atoms with E-state index in [-0.39, 0.29) is 23.8 Å². The Morgan fingerprint density at radius 2 is 1.77 bits per heavy atom. The molecular formula is C26H22FNO3. The maximum atomic E-state index is 13.8. The van der Waals surface area contributed by atoms with Gasteiger partial charge in [0.2, 0.25) is 5.78 Å². The smallest absolute Gasteiger partial charge is 0.203 e. The van der Waals surface area contributed by atoms with Gasteiger partial charge in [0.15, 0.2) is 11.5 Å². The molecule has 3 aromatic carbocycles. The average Bonchev–Trinajstić information content (AvgIpc) is 2.78. The van der Waals surface area contributed by atoms with Crippen LogP contribution in [-0.4, -0.2) is 12.4 Å². The Morgan fingerprint density at radius 1 is 1.03 bits per heavy atom. The molecule has 0 unspecified atom stereocenters. The Balaban J connectivity index is 1.84. The minimum atomic E-state index is -0.347. The molecule has 3 rings (SSSR count). The lowest BCUT2D eigenvalue weighted by molar-refractivity contribution is 0.104. The molecule has 0 saturated heterocycles. The topological polar surface area (TPSA) is 59.3 Å². The van der Waals surface area contributed by atoms with Crippen molar-refractivity contribution in [3.63, 3.8) is 0 Å². The van der Waals surface area contributed by atoms with Crippen molar-refractivity contribution in [1.29, 1.82) is 5.26 Å². The fraction of sp³-hybridized carbons (Fsp3) is 0.154. The number of ketones is 1. The molecule has 0 radical (unpaired) electrons. The van der Waals surface area contributed by atoms with Gasteiger partial charge in [0.1, 0.15) is 24.1 Å². The van der Waals surface area contributed by atoms with Crippen LogP contribution in [0.15, 0.2) is 72.3 Å². The van der Waals surface area contributed by atoms with Crippen LogP contribution in [0.5, 0.6) is 11.5 Å². The molecule has 156 valence electrons. The standard InChI is InChI=1S/C26H22FNO3/c1-3-30-25-15-19(10-13-24(25)31-17-21-6-4-5-7-23(21)27)14-22(16-28)26(29)20-11-8-18(2)9-12-20/h4-15H,3,17H2,1-2H3/b22-14+. The third kappa shape index (κ3) is 5.58. The average molecular weight is 415 g/mol. The molecule has 3 aromatic rings. The Bertz CT molecular complexity index is 1140. The van der Waals surface area contributed by atoms with Crippen LogP contribution >= 0.6 is 0 Å². The van der Waals surface area contributed by atoms with Crippen LogP contribution in [0.1, 0.15) is 34.0 Å². The zero-order valence-electron chi connectivity index (χ0n) is 17.4. The number of benzene rings is 3. The molecule has 0 atom stereocenters. The van der Waals surface area contributed by atoms with Crippen LogP contribution in [0.3, 0.4) is 0 Å². The third-order valence-electron chi connectivity index (χ3n) is 4.60. The molecule has 31 heavy (non-hydrogen) atoms. The molecule has 0 aliphatic carbocycles. The van der Waals surface area contributed by atoms with Gasteiger partial charge in [-0.3, -0.25) is 4.79 Å². The summed E-state index contributed by atoms with van der Waals surface area (Å²) in [6.45, 7) is 4.22. The minimum absolute atomic E-state index is 0.0197. The second-order valence-electron chi connectivity index (χ2n) is 6.88.